The minimum Gasteiger partial charge on any atom is -0.305 e. The predicted molar refractivity (Wildman–Crippen MR) is 110 cm³/mol. The van der Waals surface area contributed by atoms with E-state index in [0.717, 1.165) is 34.4 Å². The molecule has 0 saturated carbocycles. The summed E-state index contributed by atoms with van der Waals surface area (Å²) >= 11 is 0. The Balaban J connectivity index is 1.56. The van der Waals surface area contributed by atoms with E-state index in [-0.39, 0.29) is 11.9 Å². The third-order valence-corrected chi connectivity index (χ3v) is 5.35. The molecule has 5 nitrogen and oxygen atoms in total. The first kappa shape index (κ1) is 16.7. The quantitative estimate of drug-likeness (QED) is 0.531. The molecule has 1 amide bonds. The number of pyridine rings is 1. The highest BCUT2D eigenvalue weighted by molar-refractivity contribution is 5.98. The minimum atomic E-state index is 0.0871. The van der Waals surface area contributed by atoms with Gasteiger partial charge in [0.25, 0.3) is 0 Å². The molecular weight excluding hydrogens is 348 g/mol. The van der Waals surface area contributed by atoms with Crippen LogP contribution in [0, 0.1) is 6.92 Å². The molecule has 4 aromatic rings. The summed E-state index contributed by atoms with van der Waals surface area (Å²) in [5.74, 6) is 0.172. The van der Waals surface area contributed by atoms with Crippen LogP contribution in [0.4, 0.5) is 5.69 Å². The molecular formula is C23H20N4O. The van der Waals surface area contributed by atoms with Gasteiger partial charge in [-0.05, 0) is 49.2 Å². The molecule has 5 heteroatoms. The molecule has 1 aliphatic rings. The summed E-state index contributed by atoms with van der Waals surface area (Å²) in [4.78, 5) is 18.8. The Morgan fingerprint density at radius 1 is 1.00 bits per heavy atom. The highest BCUT2D eigenvalue weighted by atomic mass is 16.2. The van der Waals surface area contributed by atoms with Crippen LogP contribution in [-0.2, 0) is 4.79 Å². The molecule has 28 heavy (non-hydrogen) atoms. The van der Waals surface area contributed by atoms with Gasteiger partial charge in [0.2, 0.25) is 5.91 Å². The molecule has 2 aromatic carbocycles. The Hall–Kier alpha value is -3.47. The molecule has 0 spiro atoms. The topological polar surface area (TPSA) is 51.0 Å². The summed E-state index contributed by atoms with van der Waals surface area (Å²) < 4.78 is 1.91. The molecule has 3 heterocycles. The zero-order valence-corrected chi connectivity index (χ0v) is 15.6. The number of benzene rings is 2. The second kappa shape index (κ2) is 6.60. The Labute approximate surface area is 163 Å². The van der Waals surface area contributed by atoms with Crippen molar-refractivity contribution in [3.8, 4) is 5.69 Å². The standard InChI is InChI=1S/C23H20N4O/c1-16-13-20(11-12-24-16)27-22-8-7-19(14-18(22)15-25-27)26-21(9-10-23(26)28)17-5-3-2-4-6-17/h2-8,11-15,21H,9-10H2,1H3/t21-/m0/s1. The number of nitrogens with zero attached hydrogens (tertiary/aromatic N) is 4. The summed E-state index contributed by atoms with van der Waals surface area (Å²) in [6.45, 7) is 1.97. The molecule has 5 rings (SSSR count). The van der Waals surface area contributed by atoms with Crippen LogP contribution >= 0.6 is 0 Å². The van der Waals surface area contributed by atoms with Gasteiger partial charge >= 0.3 is 0 Å². The number of amides is 1. The zero-order chi connectivity index (χ0) is 19.1. The lowest BCUT2D eigenvalue weighted by atomic mass is 10.0. The fraction of sp³-hybridized carbons (Fsp3) is 0.174. The molecule has 1 saturated heterocycles. The number of rotatable bonds is 3. The summed E-state index contributed by atoms with van der Waals surface area (Å²) in [6.07, 6.45) is 5.07. The Morgan fingerprint density at radius 3 is 2.68 bits per heavy atom. The van der Waals surface area contributed by atoms with Crippen molar-refractivity contribution in [1.82, 2.24) is 14.8 Å². The number of aromatic nitrogens is 3. The van der Waals surface area contributed by atoms with Crippen LogP contribution < -0.4 is 4.90 Å². The second-order valence-corrected chi connectivity index (χ2v) is 7.18. The van der Waals surface area contributed by atoms with Crippen molar-refractivity contribution < 1.29 is 4.79 Å². The number of carbonyl (C=O) groups is 1. The lowest BCUT2D eigenvalue weighted by Gasteiger charge is -2.25. The van der Waals surface area contributed by atoms with E-state index >= 15 is 0 Å². The normalized spacial score (nSPS) is 16.8. The van der Waals surface area contributed by atoms with Crippen molar-refractivity contribution in [2.45, 2.75) is 25.8 Å². The average Bonchev–Trinajstić information content (AvgIpc) is 3.31. The van der Waals surface area contributed by atoms with E-state index in [1.807, 2.05) is 65.2 Å². The summed E-state index contributed by atoms with van der Waals surface area (Å²) in [7, 11) is 0. The first-order valence-electron chi connectivity index (χ1n) is 9.48. The van der Waals surface area contributed by atoms with Crippen LogP contribution in [0.2, 0.25) is 0 Å². The third-order valence-electron chi connectivity index (χ3n) is 5.35. The number of aryl methyl sites for hydroxylation is 1. The Kier molecular flexibility index (Phi) is 3.93. The average molecular weight is 368 g/mol. The van der Waals surface area contributed by atoms with Crippen LogP contribution in [0.15, 0.2) is 73.1 Å². The number of fused-ring (bicyclic) bond motifs is 1. The molecule has 0 aliphatic carbocycles. The van der Waals surface area contributed by atoms with Gasteiger partial charge in [-0.1, -0.05) is 30.3 Å². The monoisotopic (exact) mass is 368 g/mol. The van der Waals surface area contributed by atoms with Crippen LogP contribution in [0.1, 0.15) is 30.1 Å². The summed E-state index contributed by atoms with van der Waals surface area (Å²) in [5.41, 5.74) is 5.05. The van der Waals surface area contributed by atoms with E-state index in [9.17, 15) is 4.79 Å². The van der Waals surface area contributed by atoms with Gasteiger partial charge in [-0.15, -0.1) is 0 Å². The molecule has 1 aliphatic heterocycles. The molecule has 2 aromatic heterocycles. The highest BCUT2D eigenvalue weighted by Gasteiger charge is 2.33. The van der Waals surface area contributed by atoms with Crippen molar-refractivity contribution in [1.29, 1.82) is 0 Å². The van der Waals surface area contributed by atoms with Gasteiger partial charge in [0.1, 0.15) is 0 Å². The maximum absolute atomic E-state index is 12.7. The van der Waals surface area contributed by atoms with E-state index in [1.54, 1.807) is 6.20 Å². The zero-order valence-electron chi connectivity index (χ0n) is 15.6. The third kappa shape index (κ3) is 2.76. The SMILES string of the molecule is Cc1cc(-n2ncc3cc(N4C(=O)CC[C@H]4c4ccccc4)ccc32)ccn1. The first-order valence-corrected chi connectivity index (χ1v) is 9.48. The molecule has 1 atom stereocenters. The van der Waals surface area contributed by atoms with Gasteiger partial charge in [0.15, 0.2) is 0 Å². The second-order valence-electron chi connectivity index (χ2n) is 7.18. The molecule has 0 radical (unpaired) electrons. The molecule has 138 valence electrons. The van der Waals surface area contributed by atoms with Crippen molar-refractivity contribution in [3.63, 3.8) is 0 Å². The van der Waals surface area contributed by atoms with Crippen molar-refractivity contribution in [2.24, 2.45) is 0 Å². The molecule has 0 unspecified atom stereocenters. The number of hydrogen-bond acceptors (Lipinski definition) is 3. The number of carbonyl (C=O) groups excluding carboxylic acids is 1. The fourth-order valence-corrected chi connectivity index (χ4v) is 4.04. The summed E-state index contributed by atoms with van der Waals surface area (Å²) in [6, 6.07) is 20.4. The van der Waals surface area contributed by atoms with Crippen molar-refractivity contribution in [2.75, 3.05) is 4.90 Å². The first-order chi connectivity index (χ1) is 13.7. The van der Waals surface area contributed by atoms with E-state index in [2.05, 4.69) is 28.3 Å². The van der Waals surface area contributed by atoms with Crippen LogP contribution in [0.3, 0.4) is 0 Å². The van der Waals surface area contributed by atoms with Crippen LogP contribution in [0.25, 0.3) is 16.6 Å². The lowest BCUT2D eigenvalue weighted by Crippen LogP contribution is -2.27. The van der Waals surface area contributed by atoms with E-state index in [1.165, 1.54) is 5.56 Å². The van der Waals surface area contributed by atoms with Crippen LogP contribution in [0.5, 0.6) is 0 Å². The number of anilines is 1. The van der Waals surface area contributed by atoms with E-state index < -0.39 is 0 Å². The van der Waals surface area contributed by atoms with Gasteiger partial charge < -0.3 is 4.90 Å². The Bertz CT molecular complexity index is 1170. The highest BCUT2D eigenvalue weighted by Crippen LogP contribution is 2.38. The van der Waals surface area contributed by atoms with Crippen molar-refractivity contribution >= 4 is 22.5 Å². The summed E-state index contributed by atoms with van der Waals surface area (Å²) in [5, 5.41) is 5.57. The molecule has 1 fully saturated rings. The van der Waals surface area contributed by atoms with E-state index in [0.29, 0.717) is 6.42 Å². The smallest absolute Gasteiger partial charge is 0.227 e. The molecule has 0 N–H and O–H groups in total. The van der Waals surface area contributed by atoms with Gasteiger partial charge in [-0.3, -0.25) is 9.78 Å². The van der Waals surface area contributed by atoms with Gasteiger partial charge in [-0.25, -0.2) is 4.68 Å². The maximum atomic E-state index is 12.7. The van der Waals surface area contributed by atoms with Gasteiger partial charge in [0.05, 0.1) is 23.4 Å². The lowest BCUT2D eigenvalue weighted by molar-refractivity contribution is -0.117. The predicted octanol–water partition coefficient (Wildman–Crippen LogP) is 4.60. The largest absolute Gasteiger partial charge is 0.305 e. The van der Waals surface area contributed by atoms with Gasteiger partial charge in [0, 0.05) is 29.4 Å². The minimum absolute atomic E-state index is 0.0871. The Morgan fingerprint density at radius 2 is 1.86 bits per heavy atom. The van der Waals surface area contributed by atoms with Crippen molar-refractivity contribution in [3.05, 3.63) is 84.3 Å². The number of hydrogen-bond donors (Lipinski definition) is 0. The van der Waals surface area contributed by atoms with E-state index in [4.69, 9.17) is 0 Å². The fourth-order valence-electron chi connectivity index (χ4n) is 4.04. The molecule has 0 bridgehead atoms. The van der Waals surface area contributed by atoms with Gasteiger partial charge in [-0.2, -0.15) is 5.10 Å². The van der Waals surface area contributed by atoms with Crippen LogP contribution in [-0.4, -0.2) is 20.7 Å². The maximum Gasteiger partial charge on any atom is 0.227 e.